The number of anilines is 3. The average Bonchev–Trinajstić information content (AvgIpc) is 3.36. The van der Waals surface area contributed by atoms with Gasteiger partial charge in [0.15, 0.2) is 17.1 Å². The number of hydrogen-bond donors (Lipinski definition) is 1. The standard InChI is InChI=1S/C30H27N9O3/c1-36-14-16-37(17-15-36)20-11-9-19(10-12-20)33-30-32-18-22-26(35-30)34-27-25-21(29(41)42-2)6-5-7-23(25)38(39(27)28(22)40)24-8-3-4-13-31-24/h3-13,18H,14-17H2,1-2H3,(H,32,33,35). The van der Waals surface area contributed by atoms with Crippen molar-refractivity contribution < 1.29 is 9.53 Å². The van der Waals surface area contributed by atoms with E-state index in [0.717, 1.165) is 37.6 Å². The zero-order valence-corrected chi connectivity index (χ0v) is 23.1. The number of nitrogens with one attached hydrogen (secondary N) is 1. The van der Waals surface area contributed by atoms with Gasteiger partial charge in [-0.25, -0.2) is 24.4 Å². The molecule has 12 heteroatoms. The van der Waals surface area contributed by atoms with E-state index in [1.807, 2.05) is 18.2 Å². The molecule has 1 fully saturated rings. The summed E-state index contributed by atoms with van der Waals surface area (Å²) >= 11 is 0. The van der Waals surface area contributed by atoms with Crippen LogP contribution in [0.5, 0.6) is 0 Å². The topological polar surface area (TPSA) is 123 Å². The zero-order chi connectivity index (χ0) is 28.8. The Labute approximate surface area is 239 Å². The predicted molar refractivity (Wildman–Crippen MR) is 160 cm³/mol. The van der Waals surface area contributed by atoms with Crippen molar-refractivity contribution in [3.05, 3.63) is 89.0 Å². The molecule has 1 N–H and O–H groups in total. The molecule has 1 aliphatic rings. The maximum Gasteiger partial charge on any atom is 0.338 e. The Morgan fingerprint density at radius 1 is 0.929 bits per heavy atom. The van der Waals surface area contributed by atoms with Crippen molar-refractivity contribution in [1.82, 2.24) is 34.0 Å². The van der Waals surface area contributed by atoms with Crippen LogP contribution in [0.25, 0.3) is 33.4 Å². The van der Waals surface area contributed by atoms with E-state index in [0.29, 0.717) is 22.7 Å². The number of fused-ring (bicyclic) bond motifs is 4. The first-order valence-corrected chi connectivity index (χ1v) is 13.6. The van der Waals surface area contributed by atoms with Gasteiger partial charge in [-0.3, -0.25) is 4.79 Å². The Bertz CT molecular complexity index is 2010. The van der Waals surface area contributed by atoms with Gasteiger partial charge in [0.2, 0.25) is 5.95 Å². The average molecular weight is 562 g/mol. The zero-order valence-electron chi connectivity index (χ0n) is 23.1. The number of aromatic nitrogens is 6. The Balaban J connectivity index is 1.33. The largest absolute Gasteiger partial charge is 0.465 e. The number of piperazine rings is 1. The molecular formula is C30H27N9O3. The van der Waals surface area contributed by atoms with E-state index in [9.17, 15) is 9.59 Å². The lowest BCUT2D eigenvalue weighted by Crippen LogP contribution is -2.44. The van der Waals surface area contributed by atoms with Crippen LogP contribution in [-0.2, 0) is 4.74 Å². The first-order chi connectivity index (χ1) is 20.5. The summed E-state index contributed by atoms with van der Waals surface area (Å²) in [7, 11) is 3.45. The summed E-state index contributed by atoms with van der Waals surface area (Å²) in [5, 5.41) is 3.91. The van der Waals surface area contributed by atoms with Gasteiger partial charge in [-0.05, 0) is 55.6 Å². The molecule has 0 atom stereocenters. The van der Waals surface area contributed by atoms with E-state index < -0.39 is 11.5 Å². The third kappa shape index (κ3) is 4.29. The number of hydrogen-bond acceptors (Lipinski definition) is 10. The fraction of sp³-hybridized carbons (Fsp3) is 0.200. The van der Waals surface area contributed by atoms with Crippen molar-refractivity contribution in [1.29, 1.82) is 0 Å². The quantitative estimate of drug-likeness (QED) is 0.314. The number of nitrogens with zero attached hydrogens (tertiary/aromatic N) is 8. The van der Waals surface area contributed by atoms with Crippen LogP contribution in [0.15, 0.2) is 77.9 Å². The number of rotatable bonds is 5. The van der Waals surface area contributed by atoms with Crippen LogP contribution in [0.1, 0.15) is 10.4 Å². The molecular weight excluding hydrogens is 534 g/mol. The van der Waals surface area contributed by atoms with Crippen LogP contribution < -0.4 is 15.8 Å². The summed E-state index contributed by atoms with van der Waals surface area (Å²) in [5.74, 6) is 0.246. The van der Waals surface area contributed by atoms with Crippen LogP contribution in [-0.4, -0.2) is 80.3 Å². The molecule has 4 aromatic heterocycles. The summed E-state index contributed by atoms with van der Waals surface area (Å²) in [5.41, 5.74) is 2.89. The van der Waals surface area contributed by atoms with Crippen LogP contribution in [0.3, 0.4) is 0 Å². The van der Waals surface area contributed by atoms with Gasteiger partial charge in [0.25, 0.3) is 5.56 Å². The van der Waals surface area contributed by atoms with E-state index in [1.54, 1.807) is 41.2 Å². The number of methoxy groups -OCH3 is 1. The van der Waals surface area contributed by atoms with Crippen LogP contribution in [0.2, 0.25) is 0 Å². The molecule has 0 aliphatic carbocycles. The number of benzene rings is 2. The van der Waals surface area contributed by atoms with E-state index >= 15 is 0 Å². The Hall–Kier alpha value is -5.36. The second-order valence-electron chi connectivity index (χ2n) is 10.1. The van der Waals surface area contributed by atoms with Crippen molar-refractivity contribution >= 4 is 50.9 Å². The predicted octanol–water partition coefficient (Wildman–Crippen LogP) is 3.26. The second-order valence-corrected chi connectivity index (χ2v) is 10.1. The van der Waals surface area contributed by atoms with Gasteiger partial charge in [0.05, 0.1) is 23.6 Å². The van der Waals surface area contributed by atoms with Crippen molar-refractivity contribution in [2.24, 2.45) is 0 Å². The van der Waals surface area contributed by atoms with Gasteiger partial charge < -0.3 is 19.9 Å². The molecule has 0 radical (unpaired) electrons. The molecule has 12 nitrogen and oxygen atoms in total. The summed E-state index contributed by atoms with van der Waals surface area (Å²) in [6, 6.07) is 18.7. The van der Waals surface area contributed by atoms with Crippen LogP contribution in [0.4, 0.5) is 17.3 Å². The van der Waals surface area contributed by atoms with Crippen molar-refractivity contribution in [2.45, 2.75) is 0 Å². The number of likely N-dealkylation sites (N-methyl/N-ethyl adjacent to an activating group) is 1. The highest BCUT2D eigenvalue weighted by Gasteiger charge is 2.23. The fourth-order valence-corrected chi connectivity index (χ4v) is 5.37. The van der Waals surface area contributed by atoms with Gasteiger partial charge in [-0.15, -0.1) is 0 Å². The molecule has 1 saturated heterocycles. The van der Waals surface area contributed by atoms with Gasteiger partial charge >= 0.3 is 5.97 Å². The molecule has 0 saturated carbocycles. The van der Waals surface area contributed by atoms with Gasteiger partial charge in [-0.2, -0.15) is 9.50 Å². The first-order valence-electron chi connectivity index (χ1n) is 13.6. The molecule has 0 unspecified atom stereocenters. The number of ether oxygens (including phenoxy) is 1. The van der Waals surface area contributed by atoms with E-state index in [-0.39, 0.29) is 22.2 Å². The molecule has 2 aromatic carbocycles. The Kier molecular flexibility index (Phi) is 6.24. The second kappa shape index (κ2) is 10.2. The van der Waals surface area contributed by atoms with Crippen molar-refractivity contribution in [3.8, 4) is 5.82 Å². The third-order valence-corrected chi connectivity index (χ3v) is 7.56. The van der Waals surface area contributed by atoms with Crippen molar-refractivity contribution in [3.63, 3.8) is 0 Å². The molecule has 0 bridgehead atoms. The smallest absolute Gasteiger partial charge is 0.338 e. The van der Waals surface area contributed by atoms with E-state index in [4.69, 9.17) is 9.72 Å². The van der Waals surface area contributed by atoms with Gasteiger partial charge in [0.1, 0.15) is 5.39 Å². The minimum absolute atomic E-state index is 0.200. The molecule has 0 amide bonds. The molecule has 210 valence electrons. The van der Waals surface area contributed by atoms with E-state index in [2.05, 4.69) is 49.2 Å². The summed E-state index contributed by atoms with van der Waals surface area (Å²) in [6.07, 6.45) is 3.10. The summed E-state index contributed by atoms with van der Waals surface area (Å²) in [6.45, 7) is 4.04. The normalized spacial score (nSPS) is 14.1. The Morgan fingerprint density at radius 2 is 1.74 bits per heavy atom. The van der Waals surface area contributed by atoms with Gasteiger partial charge in [-0.1, -0.05) is 12.1 Å². The maximum atomic E-state index is 13.9. The molecule has 6 aromatic rings. The highest BCUT2D eigenvalue weighted by molar-refractivity contribution is 6.10. The minimum Gasteiger partial charge on any atom is -0.465 e. The monoisotopic (exact) mass is 561 g/mol. The molecule has 42 heavy (non-hydrogen) atoms. The number of carbonyl (C=O) groups excluding carboxylic acids is 1. The van der Waals surface area contributed by atoms with Crippen LogP contribution >= 0.6 is 0 Å². The highest BCUT2D eigenvalue weighted by Crippen LogP contribution is 2.28. The maximum absolute atomic E-state index is 13.9. The van der Waals surface area contributed by atoms with Crippen LogP contribution in [0, 0.1) is 0 Å². The lowest BCUT2D eigenvalue weighted by Gasteiger charge is -2.34. The van der Waals surface area contributed by atoms with E-state index in [1.165, 1.54) is 17.8 Å². The number of pyridine rings is 1. The van der Waals surface area contributed by atoms with Gasteiger partial charge in [0, 0.05) is 49.9 Å². The number of esters is 1. The molecule has 1 aliphatic heterocycles. The lowest BCUT2D eigenvalue weighted by molar-refractivity contribution is 0.0603. The SMILES string of the molecule is COC(=O)c1cccc2c1c1nc3nc(Nc4ccc(N5CCN(C)CC5)cc4)ncc3c(=O)n1n2-c1ccccn1. The third-order valence-electron chi connectivity index (χ3n) is 7.56. The molecule has 0 spiro atoms. The molecule has 7 rings (SSSR count). The highest BCUT2D eigenvalue weighted by atomic mass is 16.5. The minimum atomic E-state index is -0.541. The lowest BCUT2D eigenvalue weighted by atomic mass is 10.1. The first kappa shape index (κ1) is 25.6. The fourth-order valence-electron chi connectivity index (χ4n) is 5.37. The molecule has 5 heterocycles. The summed E-state index contributed by atoms with van der Waals surface area (Å²) < 4.78 is 8.08. The van der Waals surface area contributed by atoms with Crippen molar-refractivity contribution in [2.75, 3.05) is 50.6 Å². The number of carbonyl (C=O) groups is 1. The summed E-state index contributed by atoms with van der Waals surface area (Å²) in [4.78, 5) is 49.6. The Morgan fingerprint density at radius 3 is 2.48 bits per heavy atom.